The number of aromatic nitrogens is 6. The Morgan fingerprint density at radius 3 is 2.73 bits per heavy atom. The number of nitrogens with zero attached hydrogens (tertiary/aromatic N) is 6. The molecule has 0 aliphatic heterocycles. The number of rotatable bonds is 6. The lowest BCUT2D eigenvalue weighted by Crippen LogP contribution is -2.31. The summed E-state index contributed by atoms with van der Waals surface area (Å²) in [5, 5.41) is 13.0. The lowest BCUT2D eigenvalue weighted by atomic mass is 10.1. The maximum atomic E-state index is 12.9. The van der Waals surface area contributed by atoms with Crippen LogP contribution < -0.4 is 11.3 Å². The average Bonchev–Trinajstić information content (AvgIpc) is 3.19. The van der Waals surface area contributed by atoms with Crippen LogP contribution in [0.3, 0.4) is 0 Å². The Bertz CT molecular complexity index is 1310. The Morgan fingerprint density at radius 1 is 1.13 bits per heavy atom. The number of primary amides is 1. The van der Waals surface area contributed by atoms with E-state index in [9.17, 15) is 9.59 Å². The molecule has 0 saturated heterocycles. The summed E-state index contributed by atoms with van der Waals surface area (Å²) in [6.07, 6.45) is 0. The van der Waals surface area contributed by atoms with E-state index in [2.05, 4.69) is 20.5 Å². The number of nitrogens with two attached hydrogens (primary N) is 1. The predicted octanol–water partition coefficient (Wildman–Crippen LogP) is 1.77. The molecule has 0 aliphatic rings. The maximum absolute atomic E-state index is 12.9. The summed E-state index contributed by atoms with van der Waals surface area (Å²) in [5.74, 6) is 0.108. The Morgan fingerprint density at radius 2 is 1.93 bits per heavy atom. The van der Waals surface area contributed by atoms with Gasteiger partial charge in [-0.15, -0.1) is 5.10 Å². The van der Waals surface area contributed by atoms with Gasteiger partial charge in [-0.3, -0.25) is 14.2 Å². The van der Waals surface area contributed by atoms with Gasteiger partial charge in [0.1, 0.15) is 12.4 Å². The molecule has 0 spiro atoms. The molecular formula is C20H19N7O2S. The summed E-state index contributed by atoms with van der Waals surface area (Å²) in [6.45, 7) is 3.79. The van der Waals surface area contributed by atoms with Crippen molar-refractivity contribution in [3.8, 4) is 5.69 Å². The number of benzene rings is 2. The topological polar surface area (TPSA) is 122 Å². The molecule has 10 heteroatoms. The van der Waals surface area contributed by atoms with Gasteiger partial charge >= 0.3 is 0 Å². The summed E-state index contributed by atoms with van der Waals surface area (Å²) in [5.41, 5.74) is 8.70. The Balaban J connectivity index is 1.71. The number of fused-ring (bicyclic) bond motifs is 1. The minimum Gasteiger partial charge on any atom is -0.368 e. The second-order valence-corrected chi connectivity index (χ2v) is 7.73. The molecule has 2 N–H and O–H groups in total. The summed E-state index contributed by atoms with van der Waals surface area (Å²) >= 11 is 1.33. The molecule has 1 amide bonds. The van der Waals surface area contributed by atoms with Gasteiger partial charge in [0.05, 0.1) is 22.3 Å². The van der Waals surface area contributed by atoms with E-state index in [1.54, 1.807) is 22.9 Å². The van der Waals surface area contributed by atoms with Crippen LogP contribution in [0, 0.1) is 13.8 Å². The van der Waals surface area contributed by atoms with Crippen molar-refractivity contribution >= 4 is 28.6 Å². The number of amides is 1. The minimum absolute atomic E-state index is 0.242. The van der Waals surface area contributed by atoms with Crippen LogP contribution in [0.2, 0.25) is 0 Å². The number of tetrazole rings is 1. The highest BCUT2D eigenvalue weighted by molar-refractivity contribution is 7.98. The lowest BCUT2D eigenvalue weighted by Gasteiger charge is -2.12. The quantitative estimate of drug-likeness (QED) is 0.471. The van der Waals surface area contributed by atoms with E-state index in [-0.39, 0.29) is 12.1 Å². The highest BCUT2D eigenvalue weighted by Crippen LogP contribution is 2.24. The maximum Gasteiger partial charge on any atom is 0.261 e. The fourth-order valence-corrected chi connectivity index (χ4v) is 3.99. The van der Waals surface area contributed by atoms with Crippen LogP contribution in [0.5, 0.6) is 0 Å². The van der Waals surface area contributed by atoms with E-state index in [1.165, 1.54) is 16.3 Å². The highest BCUT2D eigenvalue weighted by Gasteiger charge is 2.16. The van der Waals surface area contributed by atoms with E-state index in [0.29, 0.717) is 27.6 Å². The molecule has 4 rings (SSSR count). The predicted molar refractivity (Wildman–Crippen MR) is 113 cm³/mol. The molecule has 2 aromatic carbocycles. The fraction of sp³-hybridized carbons (Fsp3) is 0.200. The van der Waals surface area contributed by atoms with Crippen LogP contribution in [0.15, 0.2) is 52.4 Å². The SMILES string of the molecule is Cc1cccc(-n2nnnc2SCc2nc3ccccc3c(=O)n2CC(N)=O)c1C. The first kappa shape index (κ1) is 19.8. The van der Waals surface area contributed by atoms with Crippen LogP contribution in [-0.4, -0.2) is 35.7 Å². The summed E-state index contributed by atoms with van der Waals surface area (Å²) in [7, 11) is 0. The van der Waals surface area contributed by atoms with Crippen molar-refractivity contribution in [2.75, 3.05) is 0 Å². The van der Waals surface area contributed by atoms with Gasteiger partial charge in [0, 0.05) is 0 Å². The second kappa shape index (κ2) is 8.07. The van der Waals surface area contributed by atoms with Crippen molar-refractivity contribution in [2.45, 2.75) is 31.3 Å². The lowest BCUT2D eigenvalue weighted by molar-refractivity contribution is -0.118. The second-order valence-electron chi connectivity index (χ2n) is 6.78. The van der Waals surface area contributed by atoms with Gasteiger partial charge in [0.2, 0.25) is 11.1 Å². The molecule has 0 aliphatic carbocycles. The van der Waals surface area contributed by atoms with Crippen LogP contribution in [-0.2, 0) is 17.1 Å². The summed E-state index contributed by atoms with van der Waals surface area (Å²) in [4.78, 5) is 29.0. The van der Waals surface area contributed by atoms with Gasteiger partial charge in [0.15, 0.2) is 0 Å². The number of thioether (sulfide) groups is 1. The first-order valence-corrected chi connectivity index (χ1v) is 10.2. The summed E-state index contributed by atoms with van der Waals surface area (Å²) < 4.78 is 2.97. The third kappa shape index (κ3) is 3.69. The van der Waals surface area contributed by atoms with Crippen molar-refractivity contribution in [2.24, 2.45) is 5.73 Å². The molecule has 4 aromatic rings. The standard InChI is InChI=1S/C20H19N7O2S/c1-12-6-5-9-16(13(12)2)27-20(23-24-25-27)30-11-18-22-15-8-4-3-7-14(15)19(29)26(18)10-17(21)28/h3-9H,10-11H2,1-2H3,(H2,21,28). The number of aryl methyl sites for hydroxylation is 1. The zero-order valence-electron chi connectivity index (χ0n) is 16.4. The average molecular weight is 421 g/mol. The van der Waals surface area contributed by atoms with Crippen LogP contribution in [0.25, 0.3) is 16.6 Å². The largest absolute Gasteiger partial charge is 0.368 e. The minimum atomic E-state index is -0.611. The zero-order valence-corrected chi connectivity index (χ0v) is 17.3. The molecule has 2 aromatic heterocycles. The van der Waals surface area contributed by atoms with Gasteiger partial charge in [-0.25, -0.2) is 4.98 Å². The Kier molecular flexibility index (Phi) is 5.32. The van der Waals surface area contributed by atoms with Gasteiger partial charge in [0.25, 0.3) is 5.56 Å². The first-order chi connectivity index (χ1) is 14.5. The van der Waals surface area contributed by atoms with Crippen LogP contribution >= 0.6 is 11.8 Å². The highest BCUT2D eigenvalue weighted by atomic mass is 32.2. The molecule has 0 fully saturated rings. The van der Waals surface area contributed by atoms with Crippen molar-refractivity contribution < 1.29 is 4.79 Å². The fourth-order valence-electron chi connectivity index (χ4n) is 3.16. The molecule has 0 bridgehead atoms. The number of carbonyl (C=O) groups is 1. The Labute approximate surface area is 175 Å². The van der Waals surface area contributed by atoms with Crippen molar-refractivity contribution in [3.05, 3.63) is 69.8 Å². The van der Waals surface area contributed by atoms with E-state index in [0.717, 1.165) is 16.8 Å². The smallest absolute Gasteiger partial charge is 0.261 e. The van der Waals surface area contributed by atoms with Gasteiger partial charge in [-0.1, -0.05) is 36.0 Å². The van der Waals surface area contributed by atoms with Crippen LogP contribution in [0.4, 0.5) is 0 Å². The molecule has 9 nitrogen and oxygen atoms in total. The van der Waals surface area contributed by atoms with E-state index in [4.69, 9.17) is 5.73 Å². The molecule has 30 heavy (non-hydrogen) atoms. The van der Waals surface area contributed by atoms with E-state index >= 15 is 0 Å². The van der Waals surface area contributed by atoms with Crippen molar-refractivity contribution in [3.63, 3.8) is 0 Å². The normalized spacial score (nSPS) is 11.1. The molecular weight excluding hydrogens is 402 g/mol. The number of carbonyl (C=O) groups excluding carboxylic acids is 1. The van der Waals surface area contributed by atoms with Gasteiger partial charge < -0.3 is 5.73 Å². The van der Waals surface area contributed by atoms with Crippen molar-refractivity contribution in [1.29, 1.82) is 0 Å². The number of hydrogen-bond acceptors (Lipinski definition) is 7. The molecule has 152 valence electrons. The molecule has 0 atom stereocenters. The molecule has 0 saturated carbocycles. The van der Waals surface area contributed by atoms with E-state index < -0.39 is 5.91 Å². The summed E-state index contributed by atoms with van der Waals surface area (Å²) in [6, 6.07) is 12.9. The third-order valence-corrected chi connectivity index (χ3v) is 5.75. The van der Waals surface area contributed by atoms with E-state index in [1.807, 2.05) is 38.1 Å². The third-order valence-electron chi connectivity index (χ3n) is 4.83. The van der Waals surface area contributed by atoms with Gasteiger partial charge in [-0.05, 0) is 53.6 Å². The van der Waals surface area contributed by atoms with Crippen LogP contribution in [0.1, 0.15) is 17.0 Å². The molecule has 0 unspecified atom stereocenters. The molecule has 0 radical (unpaired) electrons. The Hall–Kier alpha value is -3.53. The monoisotopic (exact) mass is 421 g/mol. The van der Waals surface area contributed by atoms with Gasteiger partial charge in [-0.2, -0.15) is 4.68 Å². The number of hydrogen-bond donors (Lipinski definition) is 1. The zero-order chi connectivity index (χ0) is 21.3. The molecule has 2 heterocycles. The first-order valence-electron chi connectivity index (χ1n) is 9.20. The number of para-hydroxylation sites is 1. The van der Waals surface area contributed by atoms with Crippen molar-refractivity contribution in [1.82, 2.24) is 29.8 Å².